The summed E-state index contributed by atoms with van der Waals surface area (Å²) in [5.41, 5.74) is 0.664. The number of carbonyl (C=O) groups is 1. The molecule has 0 aliphatic heterocycles. The van der Waals surface area contributed by atoms with E-state index in [2.05, 4.69) is 25.5 Å². The topological polar surface area (TPSA) is 158 Å². The zero-order valence-electron chi connectivity index (χ0n) is 26.6. The fourth-order valence-corrected chi connectivity index (χ4v) is 3.92. The Morgan fingerprint density at radius 1 is 0.854 bits per heavy atom. The highest BCUT2D eigenvalue weighted by atomic mass is 32.1. The highest BCUT2D eigenvalue weighted by Gasteiger charge is 2.26. The summed E-state index contributed by atoms with van der Waals surface area (Å²) in [5, 5.41) is 19.7. The fraction of sp³-hybridized carbons (Fsp3) is 0.484. The molecule has 0 aliphatic rings. The number of unbranched alkanes of at least 4 members (excludes halogenated alkanes) is 1. The number of anilines is 1. The largest absolute Gasteiger partial charge is 0.508 e. The molecule has 17 heteroatoms. The maximum absolute atomic E-state index is 13.9. The molecule has 0 aliphatic carbocycles. The standard InChI is InChI=1S/C31H41F4N5O7S/c1-21-26(32)28(34)29(35)30(27(21)33)47-25(42)9-12-43-14-16-45-18-19-46-17-15-44-13-11-37-20-23(40-36)4-2-3-10-38-31(48)39-22-5-7-24(41)8-6-22/h5-8,20,41H,2-4,9-19,36H2,1H3,(H2,38,39,48). The maximum atomic E-state index is 13.9. The van der Waals surface area contributed by atoms with Crippen LogP contribution in [0.15, 0.2) is 34.4 Å². The van der Waals surface area contributed by atoms with Crippen LogP contribution in [0.1, 0.15) is 31.2 Å². The first-order valence-electron chi connectivity index (χ1n) is 15.1. The van der Waals surface area contributed by atoms with Gasteiger partial charge < -0.3 is 45.3 Å². The van der Waals surface area contributed by atoms with E-state index in [1.165, 1.54) is 0 Å². The van der Waals surface area contributed by atoms with Crippen molar-refractivity contribution >= 4 is 40.9 Å². The van der Waals surface area contributed by atoms with Crippen molar-refractivity contribution in [2.75, 3.05) is 71.3 Å². The Morgan fingerprint density at radius 2 is 1.46 bits per heavy atom. The van der Waals surface area contributed by atoms with E-state index in [1.54, 1.807) is 30.5 Å². The molecule has 0 heterocycles. The highest BCUT2D eigenvalue weighted by molar-refractivity contribution is 7.80. The molecule has 0 amide bonds. The molecule has 0 aromatic heterocycles. The number of aliphatic imine (C=N–C) groups is 1. The van der Waals surface area contributed by atoms with Gasteiger partial charge >= 0.3 is 5.97 Å². The lowest BCUT2D eigenvalue weighted by Gasteiger charge is -2.10. The minimum absolute atomic E-state index is 0.132. The number of aromatic hydroxyl groups is 1. The van der Waals surface area contributed by atoms with Gasteiger partial charge in [-0.25, -0.2) is 13.2 Å². The van der Waals surface area contributed by atoms with Gasteiger partial charge in [-0.05, 0) is 62.7 Å². The fourth-order valence-electron chi connectivity index (χ4n) is 3.70. The second-order valence-corrected chi connectivity index (χ2v) is 10.3. The Hall–Kier alpha value is -3.90. The number of halogens is 4. The number of ether oxygens (including phenoxy) is 5. The summed E-state index contributed by atoms with van der Waals surface area (Å²) >= 11 is 5.26. The number of hydrogen-bond acceptors (Lipinski definition) is 11. The monoisotopic (exact) mass is 703 g/mol. The number of nitrogens with zero attached hydrogens (tertiary/aromatic N) is 2. The first-order chi connectivity index (χ1) is 23.1. The number of nitrogens with one attached hydrogen (secondary N) is 2. The Bertz CT molecular complexity index is 1320. The molecule has 2 aromatic carbocycles. The van der Waals surface area contributed by atoms with Crippen molar-refractivity contribution < 1.29 is 51.1 Å². The van der Waals surface area contributed by atoms with Crippen molar-refractivity contribution in [3.05, 3.63) is 53.1 Å². The molecule has 2 aromatic rings. The summed E-state index contributed by atoms with van der Waals surface area (Å²) in [6.45, 7) is 3.97. The van der Waals surface area contributed by atoms with Crippen molar-refractivity contribution in [3.8, 4) is 11.5 Å². The van der Waals surface area contributed by atoms with Crippen molar-refractivity contribution in [1.29, 1.82) is 0 Å². The number of thiocarbonyl (C=S) groups is 1. The number of hydrogen-bond donors (Lipinski definition) is 4. The molecule has 0 spiro atoms. The minimum Gasteiger partial charge on any atom is -0.508 e. The van der Waals surface area contributed by atoms with Crippen molar-refractivity contribution in [2.24, 2.45) is 15.9 Å². The smallest absolute Gasteiger partial charge is 0.313 e. The van der Waals surface area contributed by atoms with Crippen molar-refractivity contribution in [1.82, 2.24) is 5.32 Å². The van der Waals surface area contributed by atoms with Crippen LogP contribution in [-0.2, 0) is 23.7 Å². The molecule has 0 fully saturated rings. The van der Waals surface area contributed by atoms with Gasteiger partial charge in [-0.1, -0.05) is 0 Å². The molecule has 0 saturated heterocycles. The van der Waals surface area contributed by atoms with Gasteiger partial charge in [0.2, 0.25) is 11.6 Å². The molecule has 0 unspecified atom stereocenters. The van der Waals surface area contributed by atoms with Gasteiger partial charge in [0, 0.05) is 24.0 Å². The first kappa shape index (κ1) is 40.3. The molecule has 5 N–H and O–H groups in total. The van der Waals surface area contributed by atoms with E-state index < -0.39 is 40.6 Å². The van der Waals surface area contributed by atoms with Gasteiger partial charge in [0.1, 0.15) is 5.75 Å². The van der Waals surface area contributed by atoms with Crippen LogP contribution in [0.25, 0.3) is 0 Å². The second-order valence-electron chi connectivity index (χ2n) is 9.92. The molecule has 12 nitrogen and oxygen atoms in total. The van der Waals surface area contributed by atoms with Crippen LogP contribution < -0.4 is 21.2 Å². The summed E-state index contributed by atoms with van der Waals surface area (Å²) in [7, 11) is 0. The van der Waals surface area contributed by atoms with E-state index in [4.69, 9.17) is 37.0 Å². The van der Waals surface area contributed by atoms with Crippen molar-refractivity contribution in [3.63, 3.8) is 0 Å². The van der Waals surface area contributed by atoms with Gasteiger partial charge in [0.15, 0.2) is 22.6 Å². The number of phenols is 1. The van der Waals surface area contributed by atoms with Gasteiger partial charge in [-0.3, -0.25) is 9.79 Å². The SMILES string of the molecule is Cc1c(F)c(F)c(F)c(OC(=O)CCOCCOCCOCCOCCN=CC(CCCCNC(=S)Nc2ccc(O)cc2)=NN)c1F. The van der Waals surface area contributed by atoms with Crippen LogP contribution in [0.3, 0.4) is 0 Å². The molecule has 266 valence electrons. The summed E-state index contributed by atoms with van der Waals surface area (Å²) in [5.74, 6) is -3.73. The second kappa shape index (κ2) is 23.4. The third kappa shape index (κ3) is 15.8. The predicted octanol–water partition coefficient (Wildman–Crippen LogP) is 4.16. The van der Waals surface area contributed by atoms with Crippen LogP contribution in [-0.4, -0.2) is 94.1 Å². The number of esters is 1. The van der Waals surface area contributed by atoms with E-state index in [-0.39, 0.29) is 32.0 Å². The Kier molecular flexibility index (Phi) is 19.7. The number of nitrogens with two attached hydrogens (primary N) is 1. The first-order valence-corrected chi connectivity index (χ1v) is 15.5. The zero-order valence-corrected chi connectivity index (χ0v) is 27.4. The van der Waals surface area contributed by atoms with Crippen LogP contribution >= 0.6 is 12.2 Å². The average molecular weight is 704 g/mol. The maximum Gasteiger partial charge on any atom is 0.313 e. The number of hydrazone groups is 1. The molecule has 0 bridgehead atoms. The lowest BCUT2D eigenvalue weighted by atomic mass is 10.2. The minimum atomic E-state index is -1.92. The molecular weight excluding hydrogens is 662 g/mol. The lowest BCUT2D eigenvalue weighted by Crippen LogP contribution is -2.29. The number of phenolic OH excluding ortho intramolecular Hbond substituents is 1. The summed E-state index contributed by atoms with van der Waals surface area (Å²) in [6, 6.07) is 6.61. The Labute approximate surface area is 281 Å². The summed E-state index contributed by atoms with van der Waals surface area (Å²) in [6.07, 6.45) is 3.63. The third-order valence-electron chi connectivity index (χ3n) is 6.27. The van der Waals surface area contributed by atoms with Crippen LogP contribution in [0.4, 0.5) is 23.2 Å². The van der Waals surface area contributed by atoms with Gasteiger partial charge in [0.05, 0.1) is 71.5 Å². The zero-order chi connectivity index (χ0) is 35.1. The van der Waals surface area contributed by atoms with Crippen molar-refractivity contribution in [2.45, 2.75) is 32.6 Å². The number of rotatable bonds is 23. The quantitative estimate of drug-likeness (QED) is 0.0113. The van der Waals surface area contributed by atoms with E-state index in [1.807, 2.05) is 0 Å². The molecule has 0 radical (unpaired) electrons. The normalized spacial score (nSPS) is 11.6. The Balaban J connectivity index is 1.38. The molecule has 48 heavy (non-hydrogen) atoms. The predicted molar refractivity (Wildman–Crippen MR) is 176 cm³/mol. The van der Waals surface area contributed by atoms with Gasteiger partial charge in [-0.2, -0.15) is 9.49 Å². The number of carbonyl (C=O) groups excluding carboxylic acids is 1. The Morgan fingerprint density at radius 3 is 2.08 bits per heavy atom. The molecular formula is C31H41F4N5O7S. The van der Waals surface area contributed by atoms with Crippen LogP contribution in [0.5, 0.6) is 11.5 Å². The van der Waals surface area contributed by atoms with E-state index in [0.29, 0.717) is 63.4 Å². The third-order valence-corrected chi connectivity index (χ3v) is 6.51. The molecule has 2 rings (SSSR count). The van der Waals surface area contributed by atoms with Crippen LogP contribution in [0.2, 0.25) is 0 Å². The average Bonchev–Trinajstić information content (AvgIpc) is 3.08. The molecule has 0 saturated carbocycles. The van der Waals surface area contributed by atoms with Gasteiger partial charge in [0.25, 0.3) is 0 Å². The lowest BCUT2D eigenvalue weighted by molar-refractivity contribution is -0.136. The van der Waals surface area contributed by atoms with E-state index in [0.717, 1.165) is 25.5 Å². The van der Waals surface area contributed by atoms with E-state index >= 15 is 0 Å². The van der Waals surface area contributed by atoms with Gasteiger partial charge in [-0.15, -0.1) is 0 Å². The van der Waals surface area contributed by atoms with E-state index in [9.17, 15) is 27.5 Å². The number of benzene rings is 2. The molecule has 0 atom stereocenters. The summed E-state index contributed by atoms with van der Waals surface area (Å²) < 4.78 is 80.3. The highest BCUT2D eigenvalue weighted by Crippen LogP contribution is 2.29. The summed E-state index contributed by atoms with van der Waals surface area (Å²) in [4.78, 5) is 16.1. The van der Waals surface area contributed by atoms with Crippen LogP contribution in [0, 0.1) is 30.2 Å².